The van der Waals surface area contributed by atoms with E-state index in [-0.39, 0.29) is 40.6 Å². The summed E-state index contributed by atoms with van der Waals surface area (Å²) in [7, 11) is -4.15. The Morgan fingerprint density at radius 1 is 1.19 bits per heavy atom. The van der Waals surface area contributed by atoms with Crippen LogP contribution in [0.5, 0.6) is 0 Å². The fourth-order valence-corrected chi connectivity index (χ4v) is 4.37. The molecule has 0 spiro atoms. The van der Waals surface area contributed by atoms with Crippen molar-refractivity contribution in [1.29, 1.82) is 0 Å². The van der Waals surface area contributed by atoms with Crippen molar-refractivity contribution < 1.29 is 42.5 Å². The van der Waals surface area contributed by atoms with E-state index in [1.807, 2.05) is 0 Å². The third-order valence-corrected chi connectivity index (χ3v) is 5.10. The third kappa shape index (κ3) is 13.6. The quantitative estimate of drug-likeness (QED) is 0.256. The summed E-state index contributed by atoms with van der Waals surface area (Å²) in [6.07, 6.45) is 0. The fourth-order valence-electron chi connectivity index (χ4n) is 0.905. The Kier molecular flexibility index (Phi) is 14.4. The number of hydrogen-bond donors (Lipinski definition) is 2. The normalized spacial score (nSPS) is 13.2. The topological polar surface area (TPSA) is 109 Å². The second-order valence-electron chi connectivity index (χ2n) is 2.87. The minimum Gasteiger partial charge on any atom is -0.748 e. The van der Waals surface area contributed by atoms with Crippen molar-refractivity contribution in [3.05, 3.63) is 0 Å². The summed E-state index contributed by atoms with van der Waals surface area (Å²) in [4.78, 5) is 0. The molecule has 0 amide bonds. The molecule has 0 aromatic heterocycles. The smallest absolute Gasteiger partial charge is 0.748 e. The molecule has 0 aliphatic carbocycles. The van der Waals surface area contributed by atoms with Crippen molar-refractivity contribution >= 4 is 33.6 Å². The predicted octanol–water partition coefficient (Wildman–Crippen LogP) is -3.71. The second-order valence-corrected chi connectivity index (χ2v) is 6.88. The van der Waals surface area contributed by atoms with Gasteiger partial charge in [0.15, 0.2) is 0 Å². The van der Waals surface area contributed by atoms with Crippen LogP contribution in [-0.2, 0) is 10.1 Å². The molecular formula is C7H17N2NaO3S3. The first-order valence-electron chi connectivity index (χ1n) is 4.52. The Balaban J connectivity index is 0. The fraction of sp³-hybridized carbons (Fsp3) is 1.00. The Morgan fingerprint density at radius 3 is 2.19 bits per heavy atom. The van der Waals surface area contributed by atoms with Crippen molar-refractivity contribution in [3.8, 4) is 0 Å². The molecular weight excluding hydrogens is 279 g/mol. The molecule has 0 fully saturated rings. The van der Waals surface area contributed by atoms with Crippen LogP contribution in [0.25, 0.3) is 0 Å². The standard InChI is InChI=1S/C7H18N2O3S3.Na/c8-1-3-13-5-7(14-4-2-9)6-15(10,11)12;/h7H,1-6,8-9H2,(H,10,11,12);/q;+1/p-1. The van der Waals surface area contributed by atoms with Crippen LogP contribution in [0.4, 0.5) is 0 Å². The van der Waals surface area contributed by atoms with Gasteiger partial charge in [-0.2, -0.15) is 23.5 Å². The Hall–Kier alpha value is 1.53. The van der Waals surface area contributed by atoms with E-state index in [4.69, 9.17) is 11.5 Å². The maximum absolute atomic E-state index is 10.6. The number of rotatable bonds is 9. The van der Waals surface area contributed by atoms with E-state index in [0.717, 1.165) is 5.75 Å². The van der Waals surface area contributed by atoms with Crippen molar-refractivity contribution in [3.63, 3.8) is 0 Å². The van der Waals surface area contributed by atoms with Crippen LogP contribution in [0.1, 0.15) is 0 Å². The van der Waals surface area contributed by atoms with Gasteiger partial charge in [0.05, 0.1) is 15.9 Å². The SMILES string of the molecule is NCCSCC(CS(=O)(=O)[O-])SCCN.[Na+]. The van der Waals surface area contributed by atoms with Crippen LogP contribution in [-0.4, -0.2) is 54.3 Å². The van der Waals surface area contributed by atoms with Crippen LogP contribution in [0.2, 0.25) is 0 Å². The summed E-state index contributed by atoms with van der Waals surface area (Å²) in [5, 5.41) is -0.174. The van der Waals surface area contributed by atoms with Crippen LogP contribution in [0.3, 0.4) is 0 Å². The Bertz CT molecular complexity index is 251. The number of thioether (sulfide) groups is 2. The first-order chi connectivity index (χ1) is 6.99. The molecule has 92 valence electrons. The van der Waals surface area contributed by atoms with Crippen LogP contribution in [0, 0.1) is 0 Å². The molecule has 16 heavy (non-hydrogen) atoms. The van der Waals surface area contributed by atoms with Crippen LogP contribution in [0.15, 0.2) is 0 Å². The van der Waals surface area contributed by atoms with E-state index in [0.29, 0.717) is 24.6 Å². The molecule has 9 heteroatoms. The number of nitrogens with two attached hydrogens (primary N) is 2. The third-order valence-electron chi connectivity index (χ3n) is 1.43. The minimum atomic E-state index is -4.15. The molecule has 0 aromatic carbocycles. The largest absolute Gasteiger partial charge is 1.00 e. The first kappa shape index (κ1) is 19.9. The molecule has 0 saturated heterocycles. The van der Waals surface area contributed by atoms with Crippen LogP contribution < -0.4 is 41.0 Å². The van der Waals surface area contributed by atoms with Crippen molar-refractivity contribution in [2.75, 3.05) is 36.1 Å². The van der Waals surface area contributed by atoms with Crippen molar-refractivity contribution in [1.82, 2.24) is 0 Å². The van der Waals surface area contributed by atoms with E-state index in [1.54, 1.807) is 11.8 Å². The van der Waals surface area contributed by atoms with Gasteiger partial charge in [-0.25, -0.2) is 8.42 Å². The van der Waals surface area contributed by atoms with Gasteiger partial charge in [0.2, 0.25) is 0 Å². The number of hydrogen-bond acceptors (Lipinski definition) is 7. The molecule has 0 bridgehead atoms. The van der Waals surface area contributed by atoms with E-state index in [1.165, 1.54) is 11.8 Å². The summed E-state index contributed by atoms with van der Waals surface area (Å²) >= 11 is 3.00. The molecule has 4 N–H and O–H groups in total. The Labute approximate surface area is 128 Å². The van der Waals surface area contributed by atoms with E-state index in [9.17, 15) is 13.0 Å². The zero-order valence-electron chi connectivity index (χ0n) is 9.42. The molecule has 0 aliphatic heterocycles. The van der Waals surface area contributed by atoms with Gasteiger partial charge in [-0.1, -0.05) is 0 Å². The maximum Gasteiger partial charge on any atom is 1.00 e. The van der Waals surface area contributed by atoms with Gasteiger partial charge in [-0.3, -0.25) is 0 Å². The van der Waals surface area contributed by atoms with Gasteiger partial charge in [0, 0.05) is 35.6 Å². The molecule has 1 unspecified atom stereocenters. The molecule has 1 atom stereocenters. The molecule has 0 heterocycles. The summed E-state index contributed by atoms with van der Waals surface area (Å²) in [6.45, 7) is 1.05. The summed E-state index contributed by atoms with van der Waals surface area (Å²) in [5.41, 5.74) is 10.6. The summed E-state index contributed by atoms with van der Waals surface area (Å²) in [5.74, 6) is 1.75. The predicted molar refractivity (Wildman–Crippen MR) is 66.2 cm³/mol. The molecule has 0 radical (unpaired) electrons. The monoisotopic (exact) mass is 296 g/mol. The van der Waals surface area contributed by atoms with E-state index >= 15 is 0 Å². The van der Waals surface area contributed by atoms with Gasteiger partial charge in [-0.05, 0) is 0 Å². The van der Waals surface area contributed by atoms with Crippen molar-refractivity contribution in [2.45, 2.75) is 5.25 Å². The van der Waals surface area contributed by atoms with Gasteiger partial charge in [-0.15, -0.1) is 0 Å². The molecule has 0 aromatic rings. The maximum atomic E-state index is 10.6. The van der Waals surface area contributed by atoms with Gasteiger partial charge < -0.3 is 16.0 Å². The van der Waals surface area contributed by atoms with Crippen molar-refractivity contribution in [2.24, 2.45) is 11.5 Å². The van der Waals surface area contributed by atoms with Gasteiger partial charge >= 0.3 is 29.6 Å². The van der Waals surface area contributed by atoms with Crippen LogP contribution >= 0.6 is 23.5 Å². The van der Waals surface area contributed by atoms with Gasteiger partial charge in [0.1, 0.15) is 0 Å². The molecule has 0 saturated carbocycles. The molecule has 0 aliphatic rings. The zero-order valence-corrected chi connectivity index (χ0v) is 13.9. The van der Waals surface area contributed by atoms with E-state index < -0.39 is 10.1 Å². The zero-order chi connectivity index (χ0) is 11.7. The molecule has 5 nitrogen and oxygen atoms in total. The summed E-state index contributed by atoms with van der Waals surface area (Å²) in [6, 6.07) is 0. The average Bonchev–Trinajstić information content (AvgIpc) is 2.12. The first-order valence-corrected chi connectivity index (χ1v) is 8.30. The van der Waals surface area contributed by atoms with E-state index in [2.05, 4.69) is 0 Å². The minimum absolute atomic E-state index is 0. The summed E-state index contributed by atoms with van der Waals surface area (Å²) < 4.78 is 31.8. The Morgan fingerprint density at radius 2 is 1.75 bits per heavy atom. The molecule has 0 rings (SSSR count). The second kappa shape index (κ2) is 11.6. The van der Waals surface area contributed by atoms with Gasteiger partial charge in [0.25, 0.3) is 0 Å². The average molecular weight is 296 g/mol.